The van der Waals surface area contributed by atoms with Crippen LogP contribution in [0.25, 0.3) is 0 Å². The number of hydrogen-bond acceptors (Lipinski definition) is 3. The van der Waals surface area contributed by atoms with Gasteiger partial charge in [-0.05, 0) is 50.6 Å². The molecule has 0 radical (unpaired) electrons. The van der Waals surface area contributed by atoms with Gasteiger partial charge in [0.05, 0.1) is 6.54 Å². The number of rotatable bonds is 6. The van der Waals surface area contributed by atoms with Gasteiger partial charge in [0, 0.05) is 11.1 Å². The van der Waals surface area contributed by atoms with Gasteiger partial charge >= 0.3 is 0 Å². The van der Waals surface area contributed by atoms with Crippen molar-refractivity contribution in [2.75, 3.05) is 6.54 Å². The maximum atomic E-state index is 12.1. The van der Waals surface area contributed by atoms with Gasteiger partial charge < -0.3 is 15.4 Å². The summed E-state index contributed by atoms with van der Waals surface area (Å²) in [5.41, 5.74) is 1.15. The van der Waals surface area contributed by atoms with Gasteiger partial charge in [0.2, 0.25) is 5.91 Å². The Morgan fingerprint density at radius 3 is 2.20 bits per heavy atom. The van der Waals surface area contributed by atoms with E-state index in [4.69, 9.17) is 4.74 Å². The van der Waals surface area contributed by atoms with Crippen LogP contribution >= 0.6 is 0 Å². The van der Waals surface area contributed by atoms with Gasteiger partial charge in [-0.3, -0.25) is 9.59 Å². The van der Waals surface area contributed by atoms with E-state index in [1.54, 1.807) is 12.1 Å². The lowest BCUT2D eigenvalue weighted by molar-refractivity contribution is -0.121. The van der Waals surface area contributed by atoms with Gasteiger partial charge in [-0.25, -0.2) is 0 Å². The molecule has 0 bridgehead atoms. The van der Waals surface area contributed by atoms with E-state index in [1.165, 1.54) is 0 Å². The first kappa shape index (κ1) is 18.5. The topological polar surface area (TPSA) is 67.4 Å². The first-order chi connectivity index (χ1) is 11.8. The van der Waals surface area contributed by atoms with Crippen LogP contribution in [0.2, 0.25) is 0 Å². The third kappa shape index (κ3) is 6.67. The molecule has 0 aromatic heterocycles. The Labute approximate surface area is 148 Å². The Morgan fingerprint density at radius 2 is 1.60 bits per heavy atom. The van der Waals surface area contributed by atoms with Gasteiger partial charge in [0.15, 0.2) is 0 Å². The molecule has 0 atom stereocenters. The highest BCUT2D eigenvalue weighted by Crippen LogP contribution is 2.12. The Morgan fingerprint density at radius 1 is 0.960 bits per heavy atom. The quantitative estimate of drug-likeness (QED) is 0.850. The number of carbonyl (C=O) groups is 2. The van der Waals surface area contributed by atoms with Crippen molar-refractivity contribution in [1.29, 1.82) is 0 Å². The van der Waals surface area contributed by atoms with E-state index >= 15 is 0 Å². The number of benzene rings is 2. The molecule has 0 fully saturated rings. The van der Waals surface area contributed by atoms with Gasteiger partial charge in [0.1, 0.15) is 12.4 Å². The minimum atomic E-state index is -0.317. The monoisotopic (exact) mass is 340 g/mol. The lowest BCUT2D eigenvalue weighted by Crippen LogP contribution is -2.45. The molecule has 2 aromatic rings. The summed E-state index contributed by atoms with van der Waals surface area (Å²) in [6.45, 7) is 6.06. The second-order valence-corrected chi connectivity index (χ2v) is 6.78. The molecule has 5 nitrogen and oxygen atoms in total. The summed E-state index contributed by atoms with van der Waals surface area (Å²) in [4.78, 5) is 23.8. The summed E-state index contributed by atoms with van der Waals surface area (Å²) in [7, 11) is 0. The molecule has 0 saturated heterocycles. The maximum Gasteiger partial charge on any atom is 0.251 e. The molecule has 0 aliphatic heterocycles. The second-order valence-electron chi connectivity index (χ2n) is 6.78. The first-order valence-electron chi connectivity index (χ1n) is 8.19. The van der Waals surface area contributed by atoms with Crippen LogP contribution < -0.4 is 15.4 Å². The molecule has 0 unspecified atom stereocenters. The molecule has 0 saturated carbocycles. The molecule has 0 spiro atoms. The molecule has 2 N–H and O–H groups in total. The van der Waals surface area contributed by atoms with Gasteiger partial charge in [-0.2, -0.15) is 0 Å². The summed E-state index contributed by atoms with van der Waals surface area (Å²) >= 11 is 0. The fourth-order valence-electron chi connectivity index (χ4n) is 2.16. The predicted molar refractivity (Wildman–Crippen MR) is 97.4 cm³/mol. The van der Waals surface area contributed by atoms with Crippen molar-refractivity contribution in [1.82, 2.24) is 10.6 Å². The van der Waals surface area contributed by atoms with E-state index in [1.807, 2.05) is 63.2 Å². The molecule has 25 heavy (non-hydrogen) atoms. The van der Waals surface area contributed by atoms with Crippen molar-refractivity contribution in [3.63, 3.8) is 0 Å². The molecule has 2 amide bonds. The normalized spacial score (nSPS) is 10.8. The number of amides is 2. The average Bonchev–Trinajstić information content (AvgIpc) is 2.58. The predicted octanol–water partition coefficient (Wildman–Crippen LogP) is 2.91. The fourth-order valence-corrected chi connectivity index (χ4v) is 2.16. The zero-order valence-electron chi connectivity index (χ0n) is 14.8. The summed E-state index contributed by atoms with van der Waals surface area (Å²) in [5.74, 6) is 0.308. The Kier molecular flexibility index (Phi) is 6.17. The van der Waals surface area contributed by atoms with Crippen LogP contribution in [-0.4, -0.2) is 23.9 Å². The van der Waals surface area contributed by atoms with Crippen LogP contribution in [0, 0.1) is 0 Å². The molecular formula is C20H24N2O3. The Balaban J connectivity index is 1.82. The average molecular weight is 340 g/mol. The van der Waals surface area contributed by atoms with Crippen molar-refractivity contribution < 1.29 is 14.3 Å². The number of carbonyl (C=O) groups excluding carboxylic acids is 2. The maximum absolute atomic E-state index is 12.1. The molecule has 5 heteroatoms. The first-order valence-corrected chi connectivity index (χ1v) is 8.19. The molecule has 132 valence electrons. The van der Waals surface area contributed by atoms with Crippen LogP contribution in [0.3, 0.4) is 0 Å². The van der Waals surface area contributed by atoms with Gasteiger partial charge in [0.25, 0.3) is 5.91 Å². The molecule has 2 rings (SSSR count). The van der Waals surface area contributed by atoms with Gasteiger partial charge in [-0.1, -0.05) is 30.3 Å². The molecule has 0 heterocycles. The minimum Gasteiger partial charge on any atom is -0.489 e. The summed E-state index contributed by atoms with van der Waals surface area (Å²) in [6.07, 6.45) is 0. The van der Waals surface area contributed by atoms with Crippen molar-refractivity contribution in [2.45, 2.75) is 32.9 Å². The van der Waals surface area contributed by atoms with Crippen LogP contribution in [0.5, 0.6) is 5.75 Å². The van der Waals surface area contributed by atoms with Crippen molar-refractivity contribution >= 4 is 11.8 Å². The number of hydrogen-bond donors (Lipinski definition) is 2. The number of para-hydroxylation sites is 1. The standard InChI is InChI=1S/C20H24N2O3/c1-20(2,3)22-18(23)13-21-19(24)16-11-9-15(10-12-16)14-25-17-7-5-4-6-8-17/h4-12H,13-14H2,1-3H3,(H,21,24)(H,22,23). The SMILES string of the molecule is CC(C)(C)NC(=O)CNC(=O)c1ccc(COc2ccccc2)cc1. The minimum absolute atomic E-state index is 0.0467. The second kappa shape index (κ2) is 8.33. The van der Waals surface area contributed by atoms with E-state index in [2.05, 4.69) is 10.6 Å². The van der Waals surface area contributed by atoms with E-state index in [-0.39, 0.29) is 23.9 Å². The Hall–Kier alpha value is -2.82. The lowest BCUT2D eigenvalue weighted by atomic mass is 10.1. The molecule has 0 aliphatic rings. The fraction of sp³-hybridized carbons (Fsp3) is 0.300. The molecular weight excluding hydrogens is 316 g/mol. The molecule has 2 aromatic carbocycles. The van der Waals surface area contributed by atoms with Crippen molar-refractivity contribution in [2.24, 2.45) is 0 Å². The summed E-state index contributed by atoms with van der Waals surface area (Å²) in [6, 6.07) is 16.7. The molecule has 0 aliphatic carbocycles. The number of ether oxygens (including phenoxy) is 1. The van der Waals surface area contributed by atoms with E-state index in [0.717, 1.165) is 11.3 Å². The van der Waals surface area contributed by atoms with E-state index in [9.17, 15) is 9.59 Å². The third-order valence-corrected chi connectivity index (χ3v) is 3.29. The lowest BCUT2D eigenvalue weighted by Gasteiger charge is -2.20. The van der Waals surface area contributed by atoms with Gasteiger partial charge in [-0.15, -0.1) is 0 Å². The highest BCUT2D eigenvalue weighted by atomic mass is 16.5. The Bertz CT molecular complexity index is 704. The summed E-state index contributed by atoms with van der Waals surface area (Å²) in [5, 5.41) is 5.41. The van der Waals surface area contributed by atoms with Crippen LogP contribution in [0.4, 0.5) is 0 Å². The van der Waals surface area contributed by atoms with Crippen molar-refractivity contribution in [3.8, 4) is 5.75 Å². The van der Waals surface area contributed by atoms with E-state index < -0.39 is 0 Å². The highest BCUT2D eigenvalue weighted by molar-refractivity contribution is 5.96. The van der Waals surface area contributed by atoms with Crippen LogP contribution in [0.15, 0.2) is 54.6 Å². The smallest absolute Gasteiger partial charge is 0.251 e. The third-order valence-electron chi connectivity index (χ3n) is 3.29. The van der Waals surface area contributed by atoms with Crippen molar-refractivity contribution in [3.05, 3.63) is 65.7 Å². The van der Waals surface area contributed by atoms with E-state index in [0.29, 0.717) is 12.2 Å². The van der Waals surface area contributed by atoms with Crippen LogP contribution in [0.1, 0.15) is 36.7 Å². The zero-order chi connectivity index (χ0) is 18.3. The highest BCUT2D eigenvalue weighted by Gasteiger charge is 2.14. The largest absolute Gasteiger partial charge is 0.489 e. The van der Waals surface area contributed by atoms with Crippen LogP contribution in [-0.2, 0) is 11.4 Å². The number of nitrogens with one attached hydrogen (secondary N) is 2. The summed E-state index contributed by atoms with van der Waals surface area (Å²) < 4.78 is 5.66. The zero-order valence-corrected chi connectivity index (χ0v) is 14.8.